The van der Waals surface area contributed by atoms with Crippen molar-refractivity contribution in [3.05, 3.63) is 59.7 Å². The molecule has 0 unspecified atom stereocenters. The summed E-state index contributed by atoms with van der Waals surface area (Å²) in [5.41, 5.74) is 2.69. The summed E-state index contributed by atoms with van der Waals surface area (Å²) >= 11 is 0. The zero-order valence-electron chi connectivity index (χ0n) is 9.03. The van der Waals surface area contributed by atoms with Gasteiger partial charge in [-0.1, -0.05) is 61.1 Å². The summed E-state index contributed by atoms with van der Waals surface area (Å²) in [6.45, 7) is 4.26. The van der Waals surface area contributed by atoms with E-state index in [1.807, 2.05) is 0 Å². The molecule has 1 rings (SSSR count). The Kier molecular flexibility index (Phi) is 4.77. The molecular weight excluding hydrogens is 168 g/mol. The maximum Gasteiger partial charge on any atom is -0.00943 e. The Morgan fingerprint density at radius 1 is 1.00 bits per heavy atom. The van der Waals surface area contributed by atoms with Crippen LogP contribution in [-0.4, -0.2) is 0 Å². The molecule has 14 heavy (non-hydrogen) atoms. The van der Waals surface area contributed by atoms with Crippen molar-refractivity contribution in [3.8, 4) is 0 Å². The number of hydrogen-bond acceptors (Lipinski definition) is 0. The predicted molar refractivity (Wildman–Crippen MR) is 63.5 cm³/mol. The first kappa shape index (κ1) is 10.8. The summed E-state index contributed by atoms with van der Waals surface area (Å²) in [6.07, 6.45) is 10.7. The minimum Gasteiger partial charge on any atom is -0.0848 e. The lowest BCUT2D eigenvalue weighted by Crippen LogP contribution is -1.80. The largest absolute Gasteiger partial charge is 0.0848 e. The van der Waals surface area contributed by atoms with Crippen LogP contribution in [0.25, 0.3) is 0 Å². The topological polar surface area (TPSA) is 0 Å². The molecule has 0 saturated heterocycles. The Morgan fingerprint density at radius 3 is 2.29 bits per heavy atom. The van der Waals surface area contributed by atoms with Crippen LogP contribution >= 0.6 is 0 Å². The van der Waals surface area contributed by atoms with Crippen LogP contribution in [0.15, 0.2) is 48.6 Å². The molecule has 0 aliphatic rings. The molecule has 0 spiro atoms. The van der Waals surface area contributed by atoms with Gasteiger partial charge in [0.15, 0.2) is 0 Å². The fraction of sp³-hybridized carbons (Fsp3) is 0.286. The lowest BCUT2D eigenvalue weighted by molar-refractivity contribution is 1.22. The highest BCUT2D eigenvalue weighted by molar-refractivity contribution is 5.23. The lowest BCUT2D eigenvalue weighted by Gasteiger charge is -1.96. The van der Waals surface area contributed by atoms with Gasteiger partial charge in [0.05, 0.1) is 0 Å². The van der Waals surface area contributed by atoms with Gasteiger partial charge in [0.2, 0.25) is 0 Å². The maximum absolute atomic E-state index is 2.19. The van der Waals surface area contributed by atoms with E-state index in [9.17, 15) is 0 Å². The monoisotopic (exact) mass is 186 g/mol. The number of hydrogen-bond donors (Lipinski definition) is 0. The van der Waals surface area contributed by atoms with Crippen molar-refractivity contribution in [1.29, 1.82) is 0 Å². The van der Waals surface area contributed by atoms with Crippen molar-refractivity contribution in [2.75, 3.05) is 0 Å². The third kappa shape index (κ3) is 4.08. The van der Waals surface area contributed by atoms with E-state index < -0.39 is 0 Å². The molecule has 0 fully saturated rings. The zero-order valence-corrected chi connectivity index (χ0v) is 9.03. The van der Waals surface area contributed by atoms with E-state index in [4.69, 9.17) is 0 Å². The van der Waals surface area contributed by atoms with Gasteiger partial charge in [0, 0.05) is 0 Å². The van der Waals surface area contributed by atoms with Gasteiger partial charge in [-0.3, -0.25) is 0 Å². The molecule has 0 atom stereocenters. The molecule has 0 heterocycles. The number of rotatable bonds is 4. The second-order valence-corrected chi connectivity index (χ2v) is 3.45. The molecule has 0 nitrogen and oxygen atoms in total. The quantitative estimate of drug-likeness (QED) is 0.622. The van der Waals surface area contributed by atoms with Gasteiger partial charge in [-0.2, -0.15) is 0 Å². The first-order valence-electron chi connectivity index (χ1n) is 5.20. The maximum atomic E-state index is 2.19. The average molecular weight is 186 g/mol. The Hall–Kier alpha value is -1.30. The molecule has 0 saturated carbocycles. The van der Waals surface area contributed by atoms with Crippen LogP contribution in [0.1, 0.15) is 24.5 Å². The minimum atomic E-state index is 1.02. The lowest BCUT2D eigenvalue weighted by atomic mass is 10.1. The van der Waals surface area contributed by atoms with Gasteiger partial charge in [-0.05, 0) is 25.3 Å². The van der Waals surface area contributed by atoms with Crippen molar-refractivity contribution in [2.24, 2.45) is 0 Å². The van der Waals surface area contributed by atoms with Crippen LogP contribution in [0.3, 0.4) is 0 Å². The van der Waals surface area contributed by atoms with Gasteiger partial charge in [-0.25, -0.2) is 0 Å². The van der Waals surface area contributed by atoms with Crippen molar-refractivity contribution < 1.29 is 0 Å². The molecule has 1 aromatic carbocycles. The van der Waals surface area contributed by atoms with Gasteiger partial charge in [0.25, 0.3) is 0 Å². The van der Waals surface area contributed by atoms with Gasteiger partial charge in [-0.15, -0.1) is 0 Å². The molecule has 74 valence electrons. The van der Waals surface area contributed by atoms with Crippen LogP contribution < -0.4 is 0 Å². The Balaban J connectivity index is 2.41. The van der Waals surface area contributed by atoms with E-state index in [1.54, 1.807) is 0 Å². The SMILES string of the molecule is CC/C=C\C=C/Cc1ccc(C)cc1. The third-order valence-electron chi connectivity index (χ3n) is 2.09. The second-order valence-electron chi connectivity index (χ2n) is 3.45. The summed E-state index contributed by atoms with van der Waals surface area (Å²) in [4.78, 5) is 0. The highest BCUT2D eigenvalue weighted by atomic mass is 13.9. The summed E-state index contributed by atoms with van der Waals surface area (Å²) < 4.78 is 0. The van der Waals surface area contributed by atoms with Gasteiger partial charge >= 0.3 is 0 Å². The van der Waals surface area contributed by atoms with Crippen LogP contribution in [0.5, 0.6) is 0 Å². The zero-order chi connectivity index (χ0) is 10.2. The van der Waals surface area contributed by atoms with E-state index in [2.05, 4.69) is 62.4 Å². The minimum absolute atomic E-state index is 1.02. The average Bonchev–Trinajstić information content (AvgIpc) is 2.21. The molecule has 0 N–H and O–H groups in total. The first-order valence-corrected chi connectivity index (χ1v) is 5.20. The second kappa shape index (κ2) is 6.20. The van der Waals surface area contributed by atoms with E-state index in [0.29, 0.717) is 0 Å². The van der Waals surface area contributed by atoms with E-state index >= 15 is 0 Å². The molecule has 0 bridgehead atoms. The summed E-state index contributed by atoms with van der Waals surface area (Å²) in [5.74, 6) is 0. The summed E-state index contributed by atoms with van der Waals surface area (Å²) in [7, 11) is 0. The standard InChI is InChI=1S/C14H18/c1-3-4-5-6-7-8-14-11-9-13(2)10-12-14/h4-7,9-12H,3,8H2,1-2H3/b5-4-,7-6-. The summed E-state index contributed by atoms with van der Waals surface area (Å²) in [6, 6.07) is 8.68. The number of allylic oxidation sites excluding steroid dienone is 4. The molecular formula is C14H18. The predicted octanol–water partition coefficient (Wildman–Crippen LogP) is 4.06. The molecule has 0 amide bonds. The van der Waals surface area contributed by atoms with Gasteiger partial charge in [0.1, 0.15) is 0 Å². The van der Waals surface area contributed by atoms with Crippen LogP contribution in [-0.2, 0) is 6.42 Å². The van der Waals surface area contributed by atoms with Crippen LogP contribution in [0.4, 0.5) is 0 Å². The van der Waals surface area contributed by atoms with E-state index in [1.165, 1.54) is 11.1 Å². The van der Waals surface area contributed by atoms with Crippen molar-refractivity contribution in [2.45, 2.75) is 26.7 Å². The van der Waals surface area contributed by atoms with Gasteiger partial charge < -0.3 is 0 Å². The Labute approximate surface area is 87.0 Å². The molecule has 0 aromatic heterocycles. The van der Waals surface area contributed by atoms with Crippen molar-refractivity contribution in [1.82, 2.24) is 0 Å². The molecule has 0 aliphatic carbocycles. The highest BCUT2D eigenvalue weighted by Gasteiger charge is 1.87. The van der Waals surface area contributed by atoms with Crippen LogP contribution in [0.2, 0.25) is 0 Å². The first-order chi connectivity index (χ1) is 6.83. The summed E-state index contributed by atoms with van der Waals surface area (Å²) in [5, 5.41) is 0. The van der Waals surface area contributed by atoms with Crippen LogP contribution in [0, 0.1) is 6.92 Å². The Morgan fingerprint density at radius 2 is 1.64 bits per heavy atom. The fourth-order valence-electron chi connectivity index (χ4n) is 1.22. The normalized spacial score (nSPS) is 11.6. The molecule has 1 aromatic rings. The van der Waals surface area contributed by atoms with E-state index in [-0.39, 0.29) is 0 Å². The number of benzene rings is 1. The fourth-order valence-corrected chi connectivity index (χ4v) is 1.22. The third-order valence-corrected chi connectivity index (χ3v) is 2.09. The van der Waals surface area contributed by atoms with E-state index in [0.717, 1.165) is 12.8 Å². The highest BCUT2D eigenvalue weighted by Crippen LogP contribution is 2.04. The molecule has 0 radical (unpaired) electrons. The van der Waals surface area contributed by atoms with Crippen molar-refractivity contribution >= 4 is 0 Å². The smallest absolute Gasteiger partial charge is 0.00943 e. The Bertz CT molecular complexity index is 301. The molecule has 0 heteroatoms. The number of aryl methyl sites for hydroxylation is 1. The van der Waals surface area contributed by atoms with Crippen molar-refractivity contribution in [3.63, 3.8) is 0 Å². The molecule has 0 aliphatic heterocycles.